The zero-order valence-electron chi connectivity index (χ0n) is 12.1. The number of carbonyl (C=O) groups is 1. The van der Waals surface area contributed by atoms with Crippen molar-refractivity contribution in [3.05, 3.63) is 0 Å². The van der Waals surface area contributed by atoms with Crippen molar-refractivity contribution in [2.75, 3.05) is 11.5 Å². The van der Waals surface area contributed by atoms with E-state index in [0.717, 1.165) is 5.75 Å². The van der Waals surface area contributed by atoms with Crippen molar-refractivity contribution in [2.45, 2.75) is 77.6 Å². The summed E-state index contributed by atoms with van der Waals surface area (Å²) in [6.07, 6.45) is 14.4. The number of hydrogen-bond donors (Lipinski definition) is 1. The van der Waals surface area contributed by atoms with Crippen LogP contribution in [0.1, 0.15) is 77.6 Å². The lowest BCUT2D eigenvalue weighted by molar-refractivity contribution is -0.117. The number of amides is 1. The van der Waals surface area contributed by atoms with Crippen molar-refractivity contribution in [2.24, 2.45) is 5.73 Å². The average Bonchev–Trinajstić information content (AvgIpc) is 2.34. The molecular weight excluding hydrogens is 242 g/mol. The quantitative estimate of drug-likeness (QED) is 0.473. The fourth-order valence-corrected chi connectivity index (χ4v) is 2.92. The van der Waals surface area contributed by atoms with E-state index in [1.54, 1.807) is 0 Å². The Morgan fingerprint density at radius 3 is 1.83 bits per heavy atom. The van der Waals surface area contributed by atoms with Crippen LogP contribution >= 0.6 is 11.8 Å². The average molecular weight is 273 g/mol. The normalized spacial score (nSPS) is 10.7. The fourth-order valence-electron chi connectivity index (χ4n) is 1.97. The molecule has 1 amide bonds. The minimum Gasteiger partial charge on any atom is -0.370 e. The van der Waals surface area contributed by atoms with E-state index in [1.807, 2.05) is 11.8 Å². The van der Waals surface area contributed by atoms with Gasteiger partial charge in [-0.15, -0.1) is 0 Å². The van der Waals surface area contributed by atoms with Gasteiger partial charge in [-0.05, 0) is 12.2 Å². The highest BCUT2D eigenvalue weighted by molar-refractivity contribution is 7.99. The highest BCUT2D eigenvalue weighted by atomic mass is 32.2. The Morgan fingerprint density at radius 1 is 0.833 bits per heavy atom. The highest BCUT2D eigenvalue weighted by Crippen LogP contribution is 2.12. The minimum atomic E-state index is -0.175. The molecule has 2 nitrogen and oxygen atoms in total. The molecular formula is C15H31NOS. The van der Waals surface area contributed by atoms with Gasteiger partial charge in [0.2, 0.25) is 5.91 Å². The summed E-state index contributed by atoms with van der Waals surface area (Å²) in [6, 6.07) is 0. The molecule has 0 heterocycles. The molecule has 2 N–H and O–H groups in total. The maximum Gasteiger partial charge on any atom is 0.218 e. The van der Waals surface area contributed by atoms with E-state index in [9.17, 15) is 4.79 Å². The summed E-state index contributed by atoms with van der Waals surface area (Å²) in [5.74, 6) is 1.90. The van der Waals surface area contributed by atoms with Gasteiger partial charge in [0, 0.05) is 12.2 Å². The topological polar surface area (TPSA) is 43.1 Å². The van der Waals surface area contributed by atoms with Crippen LogP contribution in [0.3, 0.4) is 0 Å². The van der Waals surface area contributed by atoms with E-state index >= 15 is 0 Å². The molecule has 0 aliphatic heterocycles. The van der Waals surface area contributed by atoms with Crippen LogP contribution < -0.4 is 5.73 Å². The Balaban J connectivity index is 2.92. The molecule has 0 aromatic rings. The molecule has 0 radical (unpaired) electrons. The molecule has 0 aliphatic carbocycles. The monoisotopic (exact) mass is 273 g/mol. The molecule has 18 heavy (non-hydrogen) atoms. The number of nitrogens with two attached hydrogens (primary N) is 1. The molecule has 0 rings (SSSR count). The summed E-state index contributed by atoms with van der Waals surface area (Å²) in [6.45, 7) is 2.27. The summed E-state index contributed by atoms with van der Waals surface area (Å²) in [4.78, 5) is 10.5. The first-order valence-corrected chi connectivity index (χ1v) is 8.79. The molecule has 0 bridgehead atoms. The van der Waals surface area contributed by atoms with Gasteiger partial charge in [0.1, 0.15) is 0 Å². The zero-order chi connectivity index (χ0) is 13.5. The summed E-state index contributed by atoms with van der Waals surface area (Å²) in [5.41, 5.74) is 5.08. The second-order valence-corrected chi connectivity index (χ2v) is 6.24. The van der Waals surface area contributed by atoms with Crippen LogP contribution in [0.4, 0.5) is 0 Å². The second-order valence-electron chi connectivity index (χ2n) is 5.01. The SMILES string of the molecule is CCCCCCCCCCCCSCCC(N)=O. The smallest absolute Gasteiger partial charge is 0.218 e. The van der Waals surface area contributed by atoms with Crippen molar-refractivity contribution >= 4 is 17.7 Å². The summed E-state index contributed by atoms with van der Waals surface area (Å²) in [7, 11) is 0. The van der Waals surface area contributed by atoms with Crippen LogP contribution in [0.15, 0.2) is 0 Å². The largest absolute Gasteiger partial charge is 0.370 e. The molecule has 0 spiro atoms. The zero-order valence-corrected chi connectivity index (χ0v) is 12.9. The molecule has 0 saturated carbocycles. The third kappa shape index (κ3) is 15.8. The number of primary amides is 1. The summed E-state index contributed by atoms with van der Waals surface area (Å²) >= 11 is 1.86. The molecule has 0 aliphatic rings. The van der Waals surface area contributed by atoms with Crippen molar-refractivity contribution in [1.29, 1.82) is 0 Å². The fraction of sp³-hybridized carbons (Fsp3) is 0.933. The van der Waals surface area contributed by atoms with Crippen LogP contribution in [0.25, 0.3) is 0 Å². The number of carbonyl (C=O) groups excluding carboxylic acids is 1. The van der Waals surface area contributed by atoms with Crippen LogP contribution in [-0.4, -0.2) is 17.4 Å². The number of rotatable bonds is 14. The molecule has 0 unspecified atom stereocenters. The Hall–Kier alpha value is -0.180. The third-order valence-electron chi connectivity index (χ3n) is 3.14. The standard InChI is InChI=1S/C15H31NOS/c1-2-3-4-5-6-7-8-9-10-11-13-18-14-12-15(16)17/h2-14H2,1H3,(H2,16,17). The van der Waals surface area contributed by atoms with Crippen LogP contribution in [-0.2, 0) is 4.79 Å². The number of thioether (sulfide) groups is 1. The van der Waals surface area contributed by atoms with Gasteiger partial charge in [-0.1, -0.05) is 64.7 Å². The van der Waals surface area contributed by atoms with Crippen LogP contribution in [0.2, 0.25) is 0 Å². The first-order valence-electron chi connectivity index (χ1n) is 7.63. The van der Waals surface area contributed by atoms with Gasteiger partial charge >= 0.3 is 0 Å². The van der Waals surface area contributed by atoms with E-state index in [4.69, 9.17) is 5.73 Å². The lowest BCUT2D eigenvalue weighted by atomic mass is 10.1. The van der Waals surface area contributed by atoms with Gasteiger partial charge in [0.05, 0.1) is 0 Å². The lowest BCUT2D eigenvalue weighted by Gasteiger charge is -2.02. The van der Waals surface area contributed by atoms with Crippen LogP contribution in [0, 0.1) is 0 Å². The molecule has 108 valence electrons. The van der Waals surface area contributed by atoms with E-state index in [0.29, 0.717) is 6.42 Å². The van der Waals surface area contributed by atoms with Gasteiger partial charge in [-0.3, -0.25) is 4.79 Å². The predicted octanol–water partition coefficient (Wildman–Crippen LogP) is 4.52. The van der Waals surface area contributed by atoms with Gasteiger partial charge in [0.25, 0.3) is 0 Å². The maximum absolute atomic E-state index is 10.5. The van der Waals surface area contributed by atoms with E-state index in [2.05, 4.69) is 6.92 Å². The third-order valence-corrected chi connectivity index (χ3v) is 4.21. The molecule has 0 aromatic carbocycles. The highest BCUT2D eigenvalue weighted by Gasteiger charge is 1.95. The Morgan fingerprint density at radius 2 is 1.33 bits per heavy atom. The van der Waals surface area contributed by atoms with Gasteiger partial charge < -0.3 is 5.73 Å². The Bertz CT molecular complexity index is 185. The van der Waals surface area contributed by atoms with E-state index in [1.165, 1.54) is 70.0 Å². The number of unbranched alkanes of at least 4 members (excludes halogenated alkanes) is 9. The molecule has 0 saturated heterocycles. The Labute approximate surface area is 117 Å². The first kappa shape index (κ1) is 17.8. The summed E-state index contributed by atoms with van der Waals surface area (Å²) in [5, 5.41) is 0. The van der Waals surface area contributed by atoms with E-state index < -0.39 is 0 Å². The summed E-state index contributed by atoms with van der Waals surface area (Å²) < 4.78 is 0. The van der Waals surface area contributed by atoms with Crippen molar-refractivity contribution in [3.8, 4) is 0 Å². The maximum atomic E-state index is 10.5. The van der Waals surface area contributed by atoms with Crippen molar-refractivity contribution in [1.82, 2.24) is 0 Å². The lowest BCUT2D eigenvalue weighted by Crippen LogP contribution is -2.11. The first-order chi connectivity index (χ1) is 8.77. The molecule has 0 atom stereocenters. The van der Waals surface area contributed by atoms with Gasteiger partial charge in [-0.2, -0.15) is 11.8 Å². The predicted molar refractivity (Wildman–Crippen MR) is 83.0 cm³/mol. The second kappa shape index (κ2) is 14.9. The van der Waals surface area contributed by atoms with Crippen molar-refractivity contribution in [3.63, 3.8) is 0 Å². The Kier molecular flexibility index (Phi) is 14.7. The minimum absolute atomic E-state index is 0.175. The van der Waals surface area contributed by atoms with Crippen molar-refractivity contribution < 1.29 is 4.79 Å². The molecule has 0 fully saturated rings. The number of hydrogen-bond acceptors (Lipinski definition) is 2. The van der Waals surface area contributed by atoms with Gasteiger partial charge in [-0.25, -0.2) is 0 Å². The van der Waals surface area contributed by atoms with E-state index in [-0.39, 0.29) is 5.91 Å². The molecule has 3 heteroatoms. The van der Waals surface area contributed by atoms with Crippen LogP contribution in [0.5, 0.6) is 0 Å². The van der Waals surface area contributed by atoms with Gasteiger partial charge in [0.15, 0.2) is 0 Å². The molecule has 0 aromatic heterocycles.